The van der Waals surface area contributed by atoms with Gasteiger partial charge in [-0.25, -0.2) is 9.78 Å². The molecule has 2 rings (SSSR count). The minimum atomic E-state index is -0.683. The van der Waals surface area contributed by atoms with Crippen LogP contribution in [0.2, 0.25) is 0 Å². The summed E-state index contributed by atoms with van der Waals surface area (Å²) < 4.78 is 3.74. The highest BCUT2D eigenvalue weighted by Crippen LogP contribution is 2.23. The van der Waals surface area contributed by atoms with Gasteiger partial charge in [0, 0.05) is 33.5 Å². The molecule has 0 amide bonds. The van der Waals surface area contributed by atoms with E-state index in [2.05, 4.69) is 4.98 Å². The molecule has 0 aromatic carbocycles. The molecular formula is C13H17N5O3S. The molecule has 0 bridgehead atoms. The van der Waals surface area contributed by atoms with Crippen molar-refractivity contribution in [3.05, 3.63) is 38.8 Å². The van der Waals surface area contributed by atoms with Gasteiger partial charge in [-0.1, -0.05) is 11.8 Å². The Morgan fingerprint density at radius 2 is 1.91 bits per heavy atom. The van der Waals surface area contributed by atoms with Crippen molar-refractivity contribution in [1.29, 1.82) is 0 Å². The minimum Gasteiger partial charge on any atom is -0.384 e. The third-order valence-corrected chi connectivity index (χ3v) is 4.56. The fourth-order valence-electron chi connectivity index (χ4n) is 1.97. The first-order valence-electron chi connectivity index (χ1n) is 6.49. The molecule has 2 N–H and O–H groups in total. The van der Waals surface area contributed by atoms with E-state index in [1.54, 1.807) is 23.9 Å². The molecule has 0 spiro atoms. The molecular weight excluding hydrogens is 306 g/mol. The summed E-state index contributed by atoms with van der Waals surface area (Å²) in [7, 11) is 4.55. The van der Waals surface area contributed by atoms with E-state index in [0.717, 1.165) is 9.13 Å². The molecule has 0 saturated carbocycles. The number of aryl methyl sites for hydroxylation is 1. The molecule has 118 valence electrons. The van der Waals surface area contributed by atoms with Crippen LogP contribution in [0.25, 0.3) is 0 Å². The fraction of sp³-hybridized carbons (Fsp3) is 0.385. The summed E-state index contributed by atoms with van der Waals surface area (Å²) in [6.45, 7) is 1.67. The SMILES string of the molecule is C[C@@H](Sc1nccn1C)C(=O)c1c(N)n(C)c(=O)n(C)c1=O. The highest BCUT2D eigenvalue weighted by molar-refractivity contribution is 8.00. The highest BCUT2D eigenvalue weighted by atomic mass is 32.2. The number of nitrogens with two attached hydrogens (primary N) is 1. The summed E-state index contributed by atoms with van der Waals surface area (Å²) in [4.78, 5) is 40.7. The second-order valence-electron chi connectivity index (χ2n) is 4.91. The van der Waals surface area contributed by atoms with Gasteiger partial charge in [0.1, 0.15) is 11.4 Å². The van der Waals surface area contributed by atoms with Crippen molar-refractivity contribution in [2.75, 3.05) is 5.73 Å². The first-order chi connectivity index (χ1) is 10.3. The predicted octanol–water partition coefficient (Wildman–Crippen LogP) is -0.237. The second-order valence-corrected chi connectivity index (χ2v) is 6.22. The molecule has 8 nitrogen and oxygen atoms in total. The van der Waals surface area contributed by atoms with Crippen molar-refractivity contribution >= 4 is 23.4 Å². The topological polar surface area (TPSA) is 105 Å². The number of carbonyl (C=O) groups is 1. The molecule has 0 radical (unpaired) electrons. The van der Waals surface area contributed by atoms with Gasteiger partial charge in [-0.2, -0.15) is 0 Å². The molecule has 0 aliphatic rings. The molecule has 0 unspecified atom stereocenters. The molecule has 2 aromatic heterocycles. The molecule has 0 saturated heterocycles. The lowest BCUT2D eigenvalue weighted by Gasteiger charge is -2.14. The maximum absolute atomic E-state index is 12.6. The summed E-state index contributed by atoms with van der Waals surface area (Å²) in [6, 6.07) is 0. The maximum Gasteiger partial charge on any atom is 0.332 e. The smallest absolute Gasteiger partial charge is 0.332 e. The molecule has 0 aliphatic heterocycles. The number of Topliss-reactive ketones (excluding diaryl/α,β-unsaturated/α-hetero) is 1. The standard InChI is InChI=1S/C13H17N5O3S/c1-7(22-12-15-5-6-16(12)2)9(19)8-10(14)17(3)13(21)18(4)11(8)20/h5-7H,14H2,1-4H3/t7-/m1/s1. The normalized spacial score (nSPS) is 12.4. The van der Waals surface area contributed by atoms with Crippen molar-refractivity contribution in [3.63, 3.8) is 0 Å². The molecule has 2 heterocycles. The van der Waals surface area contributed by atoms with E-state index in [-0.39, 0.29) is 11.4 Å². The number of aromatic nitrogens is 4. The Hall–Kier alpha value is -2.29. The van der Waals surface area contributed by atoms with Crippen molar-refractivity contribution < 1.29 is 4.79 Å². The lowest BCUT2D eigenvalue weighted by Crippen LogP contribution is -2.42. The van der Waals surface area contributed by atoms with Crippen molar-refractivity contribution in [3.8, 4) is 0 Å². The van der Waals surface area contributed by atoms with Gasteiger partial charge in [-0.15, -0.1) is 0 Å². The maximum atomic E-state index is 12.6. The third kappa shape index (κ3) is 2.59. The van der Waals surface area contributed by atoms with Crippen LogP contribution in [0.15, 0.2) is 27.1 Å². The van der Waals surface area contributed by atoms with Crippen molar-refractivity contribution in [1.82, 2.24) is 18.7 Å². The van der Waals surface area contributed by atoms with Crippen LogP contribution in [0.3, 0.4) is 0 Å². The number of nitrogens with zero attached hydrogens (tertiary/aromatic N) is 4. The van der Waals surface area contributed by atoms with E-state index in [9.17, 15) is 14.4 Å². The van der Waals surface area contributed by atoms with E-state index in [4.69, 9.17) is 5.73 Å². The number of carbonyl (C=O) groups excluding carboxylic acids is 1. The van der Waals surface area contributed by atoms with Gasteiger partial charge in [0.25, 0.3) is 5.56 Å². The zero-order chi connectivity index (χ0) is 16.6. The highest BCUT2D eigenvalue weighted by Gasteiger charge is 2.26. The zero-order valence-corrected chi connectivity index (χ0v) is 13.5. The Morgan fingerprint density at radius 1 is 1.27 bits per heavy atom. The average Bonchev–Trinajstić information content (AvgIpc) is 2.88. The Bertz CT molecular complexity index is 848. The fourth-order valence-corrected chi connectivity index (χ4v) is 2.86. The third-order valence-electron chi connectivity index (χ3n) is 3.38. The predicted molar refractivity (Wildman–Crippen MR) is 84.2 cm³/mol. The summed E-state index contributed by atoms with van der Waals surface area (Å²) in [5, 5.41) is 0.0923. The van der Waals surface area contributed by atoms with E-state index in [0.29, 0.717) is 5.16 Å². The summed E-state index contributed by atoms with van der Waals surface area (Å²) in [5.74, 6) is -0.549. The lowest BCUT2D eigenvalue weighted by molar-refractivity contribution is 0.0992. The average molecular weight is 323 g/mol. The van der Waals surface area contributed by atoms with E-state index < -0.39 is 22.3 Å². The number of nitrogen functional groups attached to an aromatic ring is 1. The number of hydrogen-bond donors (Lipinski definition) is 1. The van der Waals surface area contributed by atoms with Crippen molar-refractivity contribution in [2.24, 2.45) is 21.1 Å². The Balaban J connectivity index is 2.44. The van der Waals surface area contributed by atoms with Crippen LogP contribution in [0.1, 0.15) is 17.3 Å². The monoisotopic (exact) mass is 323 g/mol. The van der Waals surface area contributed by atoms with Crippen LogP contribution in [-0.4, -0.2) is 29.7 Å². The number of thioether (sulfide) groups is 1. The van der Waals surface area contributed by atoms with Gasteiger partial charge in [0.2, 0.25) is 0 Å². The quantitative estimate of drug-likeness (QED) is 0.615. The van der Waals surface area contributed by atoms with E-state index in [1.165, 1.54) is 25.9 Å². The molecule has 2 aromatic rings. The Kier molecular flexibility index (Phi) is 4.27. The second kappa shape index (κ2) is 5.84. The molecule has 0 aliphatic carbocycles. The summed E-state index contributed by atoms with van der Waals surface area (Å²) >= 11 is 1.22. The molecule has 22 heavy (non-hydrogen) atoms. The van der Waals surface area contributed by atoms with Crippen LogP contribution < -0.4 is 17.0 Å². The van der Waals surface area contributed by atoms with Gasteiger partial charge in [-0.05, 0) is 6.92 Å². The van der Waals surface area contributed by atoms with Gasteiger partial charge in [-0.3, -0.25) is 18.7 Å². The molecule has 9 heteroatoms. The zero-order valence-electron chi connectivity index (χ0n) is 12.7. The van der Waals surface area contributed by atoms with Gasteiger partial charge < -0.3 is 10.3 Å². The number of ketones is 1. The Morgan fingerprint density at radius 3 is 2.45 bits per heavy atom. The molecule has 1 atom stereocenters. The number of hydrogen-bond acceptors (Lipinski definition) is 6. The van der Waals surface area contributed by atoms with Gasteiger partial charge >= 0.3 is 5.69 Å². The first-order valence-corrected chi connectivity index (χ1v) is 7.37. The van der Waals surface area contributed by atoms with Crippen LogP contribution in [-0.2, 0) is 21.1 Å². The molecule has 0 fully saturated rings. The van der Waals surface area contributed by atoms with Crippen LogP contribution in [0, 0.1) is 0 Å². The minimum absolute atomic E-state index is 0.120. The van der Waals surface area contributed by atoms with Crippen LogP contribution in [0.4, 0.5) is 5.82 Å². The van der Waals surface area contributed by atoms with Crippen LogP contribution in [0.5, 0.6) is 0 Å². The Labute approximate surface area is 130 Å². The van der Waals surface area contributed by atoms with Crippen molar-refractivity contribution in [2.45, 2.75) is 17.3 Å². The number of imidazole rings is 1. The lowest BCUT2D eigenvalue weighted by atomic mass is 10.1. The van der Waals surface area contributed by atoms with Gasteiger partial charge in [0.05, 0.1) is 5.25 Å². The van der Waals surface area contributed by atoms with Crippen LogP contribution >= 0.6 is 11.8 Å². The van der Waals surface area contributed by atoms with E-state index >= 15 is 0 Å². The van der Waals surface area contributed by atoms with E-state index in [1.807, 2.05) is 7.05 Å². The summed E-state index contributed by atoms with van der Waals surface area (Å²) in [6.07, 6.45) is 3.39. The number of rotatable bonds is 4. The first kappa shape index (κ1) is 16.1. The van der Waals surface area contributed by atoms with Gasteiger partial charge in [0.15, 0.2) is 10.9 Å². The summed E-state index contributed by atoms with van der Waals surface area (Å²) in [5.41, 5.74) is 4.38. The number of anilines is 1. The largest absolute Gasteiger partial charge is 0.384 e.